The Morgan fingerprint density at radius 1 is 1.15 bits per heavy atom. The van der Waals surface area contributed by atoms with Crippen molar-refractivity contribution < 1.29 is 9.53 Å². The summed E-state index contributed by atoms with van der Waals surface area (Å²) in [6.07, 6.45) is 0.724. The molecule has 20 heavy (non-hydrogen) atoms. The predicted molar refractivity (Wildman–Crippen MR) is 83.2 cm³/mol. The SMILES string of the molecule is CCOc1ccc(C[C@H](NC(C)C)C(=O)C(C)C)cc1. The average molecular weight is 277 g/mol. The molecule has 3 nitrogen and oxygen atoms in total. The molecule has 1 N–H and O–H groups in total. The molecule has 1 aromatic carbocycles. The van der Waals surface area contributed by atoms with Gasteiger partial charge in [-0.1, -0.05) is 39.8 Å². The fourth-order valence-electron chi connectivity index (χ4n) is 2.17. The number of ketones is 1. The van der Waals surface area contributed by atoms with Crippen LogP contribution in [0.3, 0.4) is 0 Å². The molecule has 0 aliphatic rings. The van der Waals surface area contributed by atoms with Crippen LogP contribution in [0, 0.1) is 5.92 Å². The van der Waals surface area contributed by atoms with Crippen molar-refractivity contribution in [2.24, 2.45) is 5.92 Å². The Labute approximate surface area is 122 Å². The van der Waals surface area contributed by atoms with Crippen LogP contribution in [-0.4, -0.2) is 24.5 Å². The topological polar surface area (TPSA) is 38.3 Å². The number of Topliss-reactive ketones (excluding diaryl/α,β-unsaturated/α-hetero) is 1. The first-order valence-corrected chi connectivity index (χ1v) is 7.45. The Morgan fingerprint density at radius 2 is 1.75 bits per heavy atom. The normalized spacial score (nSPS) is 12.8. The Morgan fingerprint density at radius 3 is 2.20 bits per heavy atom. The molecule has 0 unspecified atom stereocenters. The van der Waals surface area contributed by atoms with Crippen molar-refractivity contribution in [1.29, 1.82) is 0 Å². The Kier molecular flexibility index (Phi) is 6.73. The van der Waals surface area contributed by atoms with E-state index in [4.69, 9.17) is 4.74 Å². The van der Waals surface area contributed by atoms with E-state index in [1.807, 2.05) is 45.0 Å². The monoisotopic (exact) mass is 277 g/mol. The van der Waals surface area contributed by atoms with Gasteiger partial charge >= 0.3 is 0 Å². The molecule has 0 bridgehead atoms. The van der Waals surface area contributed by atoms with E-state index in [-0.39, 0.29) is 17.7 Å². The Bertz CT molecular complexity index is 410. The summed E-state index contributed by atoms with van der Waals surface area (Å²) in [5.41, 5.74) is 1.15. The first kappa shape index (κ1) is 16.7. The Hall–Kier alpha value is -1.35. The first-order valence-electron chi connectivity index (χ1n) is 7.45. The molecule has 0 aliphatic heterocycles. The maximum atomic E-state index is 12.3. The largest absolute Gasteiger partial charge is 0.494 e. The van der Waals surface area contributed by atoms with Crippen LogP contribution in [0.2, 0.25) is 0 Å². The van der Waals surface area contributed by atoms with Crippen LogP contribution in [0.15, 0.2) is 24.3 Å². The number of benzene rings is 1. The summed E-state index contributed by atoms with van der Waals surface area (Å²) in [6.45, 7) is 10.7. The van der Waals surface area contributed by atoms with Crippen LogP contribution >= 0.6 is 0 Å². The zero-order valence-electron chi connectivity index (χ0n) is 13.3. The summed E-state index contributed by atoms with van der Waals surface area (Å²) in [4.78, 5) is 12.3. The fraction of sp³-hybridized carbons (Fsp3) is 0.588. The summed E-state index contributed by atoms with van der Waals surface area (Å²) in [5.74, 6) is 1.20. The minimum atomic E-state index is -0.118. The van der Waals surface area contributed by atoms with Gasteiger partial charge in [0.05, 0.1) is 12.6 Å². The van der Waals surface area contributed by atoms with Crippen molar-refractivity contribution in [3.8, 4) is 5.75 Å². The van der Waals surface area contributed by atoms with E-state index in [1.54, 1.807) is 0 Å². The lowest BCUT2D eigenvalue weighted by Gasteiger charge is -2.22. The van der Waals surface area contributed by atoms with Crippen molar-refractivity contribution in [2.75, 3.05) is 6.61 Å². The van der Waals surface area contributed by atoms with Crippen LogP contribution < -0.4 is 10.1 Å². The lowest BCUT2D eigenvalue weighted by Crippen LogP contribution is -2.44. The van der Waals surface area contributed by atoms with Crippen molar-refractivity contribution in [3.63, 3.8) is 0 Å². The molecule has 1 aromatic rings. The number of hydrogen-bond acceptors (Lipinski definition) is 3. The lowest BCUT2D eigenvalue weighted by atomic mass is 9.95. The number of carbonyl (C=O) groups is 1. The van der Waals surface area contributed by atoms with Gasteiger partial charge in [-0.25, -0.2) is 0 Å². The maximum Gasteiger partial charge on any atom is 0.152 e. The molecular formula is C17H27NO2. The molecule has 0 fully saturated rings. The van der Waals surface area contributed by atoms with Crippen LogP contribution in [0.4, 0.5) is 0 Å². The quantitative estimate of drug-likeness (QED) is 0.793. The summed E-state index contributed by atoms with van der Waals surface area (Å²) in [7, 11) is 0. The van der Waals surface area contributed by atoms with Gasteiger partial charge in [0.2, 0.25) is 0 Å². The van der Waals surface area contributed by atoms with Crippen molar-refractivity contribution in [3.05, 3.63) is 29.8 Å². The van der Waals surface area contributed by atoms with Crippen molar-refractivity contribution in [2.45, 2.75) is 53.1 Å². The van der Waals surface area contributed by atoms with E-state index in [0.29, 0.717) is 12.6 Å². The first-order chi connectivity index (χ1) is 9.43. The van der Waals surface area contributed by atoms with Gasteiger partial charge in [0.25, 0.3) is 0 Å². The van der Waals surface area contributed by atoms with E-state index in [1.165, 1.54) is 0 Å². The molecule has 0 radical (unpaired) electrons. The van der Waals surface area contributed by atoms with Crippen molar-refractivity contribution >= 4 is 5.78 Å². The third-order valence-corrected chi connectivity index (χ3v) is 3.12. The summed E-state index contributed by atoms with van der Waals surface area (Å²) in [5, 5.41) is 3.37. The number of nitrogens with one attached hydrogen (secondary N) is 1. The van der Waals surface area contributed by atoms with Crippen LogP contribution in [0.5, 0.6) is 5.75 Å². The van der Waals surface area contributed by atoms with Gasteiger partial charge in [-0.05, 0) is 31.0 Å². The van der Waals surface area contributed by atoms with Gasteiger partial charge in [0.1, 0.15) is 5.75 Å². The minimum absolute atomic E-state index is 0.0500. The van der Waals surface area contributed by atoms with Gasteiger partial charge < -0.3 is 10.1 Å². The Balaban J connectivity index is 2.75. The highest BCUT2D eigenvalue weighted by Crippen LogP contribution is 2.15. The van der Waals surface area contributed by atoms with Crippen molar-refractivity contribution in [1.82, 2.24) is 5.32 Å². The lowest BCUT2D eigenvalue weighted by molar-refractivity contribution is -0.124. The average Bonchev–Trinajstić information content (AvgIpc) is 2.39. The second kappa shape index (κ2) is 8.05. The second-order valence-electron chi connectivity index (χ2n) is 5.71. The summed E-state index contributed by atoms with van der Waals surface area (Å²) in [6, 6.07) is 8.18. The van der Waals surface area contributed by atoms with Gasteiger partial charge in [-0.2, -0.15) is 0 Å². The number of ether oxygens (including phenoxy) is 1. The molecular weight excluding hydrogens is 250 g/mol. The maximum absolute atomic E-state index is 12.3. The highest BCUT2D eigenvalue weighted by Gasteiger charge is 2.21. The fourth-order valence-corrected chi connectivity index (χ4v) is 2.17. The molecule has 0 heterocycles. The number of hydrogen-bond donors (Lipinski definition) is 1. The molecule has 0 saturated heterocycles. The summed E-state index contributed by atoms with van der Waals surface area (Å²) >= 11 is 0. The van der Waals surface area contributed by atoms with E-state index >= 15 is 0 Å². The van der Waals surface area contributed by atoms with Crippen LogP contribution in [-0.2, 0) is 11.2 Å². The molecule has 0 amide bonds. The smallest absolute Gasteiger partial charge is 0.152 e. The zero-order valence-corrected chi connectivity index (χ0v) is 13.3. The second-order valence-corrected chi connectivity index (χ2v) is 5.71. The van der Waals surface area contributed by atoms with Gasteiger partial charge in [0, 0.05) is 12.0 Å². The highest BCUT2D eigenvalue weighted by atomic mass is 16.5. The molecule has 0 spiro atoms. The van der Waals surface area contributed by atoms with E-state index in [0.717, 1.165) is 17.7 Å². The molecule has 0 aliphatic carbocycles. The third kappa shape index (κ3) is 5.33. The van der Waals surface area contributed by atoms with E-state index in [9.17, 15) is 4.79 Å². The summed E-state index contributed by atoms with van der Waals surface area (Å²) < 4.78 is 5.43. The number of rotatable bonds is 8. The molecule has 0 saturated carbocycles. The van der Waals surface area contributed by atoms with Gasteiger partial charge in [0.15, 0.2) is 5.78 Å². The third-order valence-electron chi connectivity index (χ3n) is 3.12. The zero-order chi connectivity index (χ0) is 15.1. The van der Waals surface area contributed by atoms with Crippen LogP contribution in [0.1, 0.15) is 40.2 Å². The highest BCUT2D eigenvalue weighted by molar-refractivity contribution is 5.86. The standard InChI is InChI=1S/C17H27NO2/c1-6-20-15-9-7-14(8-10-15)11-16(18-13(4)5)17(19)12(2)3/h7-10,12-13,16,18H,6,11H2,1-5H3/t16-/m0/s1. The molecule has 1 atom stereocenters. The number of carbonyl (C=O) groups excluding carboxylic acids is 1. The van der Waals surface area contributed by atoms with E-state index < -0.39 is 0 Å². The molecule has 1 rings (SSSR count). The van der Waals surface area contributed by atoms with E-state index in [2.05, 4.69) is 19.2 Å². The predicted octanol–water partition coefficient (Wildman–Crippen LogP) is 3.22. The van der Waals surface area contributed by atoms with Gasteiger partial charge in [-0.15, -0.1) is 0 Å². The molecule has 3 heteroatoms. The van der Waals surface area contributed by atoms with Crippen LogP contribution in [0.25, 0.3) is 0 Å². The molecule has 112 valence electrons. The minimum Gasteiger partial charge on any atom is -0.494 e. The van der Waals surface area contributed by atoms with Gasteiger partial charge in [-0.3, -0.25) is 4.79 Å². The molecule has 0 aromatic heterocycles.